The number of nitrogens with two attached hydrogens (primary N) is 2. The number of primary amides is 1. The SMILES string of the molecule is NC(=O)CCC(N)C(=O)NC(CO)C(=O)NCC(=O)O. The second-order valence-corrected chi connectivity index (χ2v) is 3.97. The number of carbonyl (C=O) groups is 4. The van der Waals surface area contributed by atoms with Crippen LogP contribution in [0.4, 0.5) is 0 Å². The van der Waals surface area contributed by atoms with Crippen molar-refractivity contribution in [3.05, 3.63) is 0 Å². The van der Waals surface area contributed by atoms with Crippen LogP contribution in [-0.2, 0) is 19.2 Å². The lowest BCUT2D eigenvalue weighted by atomic mass is 10.1. The molecular formula is C10H18N4O6. The summed E-state index contributed by atoms with van der Waals surface area (Å²) >= 11 is 0. The van der Waals surface area contributed by atoms with Crippen molar-refractivity contribution >= 4 is 23.7 Å². The summed E-state index contributed by atoms with van der Waals surface area (Å²) in [6.45, 7) is -1.36. The second kappa shape index (κ2) is 8.82. The molecule has 0 spiro atoms. The molecule has 0 heterocycles. The number of aliphatic hydroxyl groups is 1. The lowest BCUT2D eigenvalue weighted by Gasteiger charge is -2.18. The Morgan fingerprint density at radius 2 is 1.75 bits per heavy atom. The molecule has 0 saturated carbocycles. The van der Waals surface area contributed by atoms with Crippen molar-refractivity contribution in [3.63, 3.8) is 0 Å². The minimum atomic E-state index is -1.32. The molecule has 0 saturated heterocycles. The molecule has 0 radical (unpaired) electrons. The van der Waals surface area contributed by atoms with Crippen molar-refractivity contribution in [1.29, 1.82) is 0 Å². The Bertz CT molecular complexity index is 386. The lowest BCUT2D eigenvalue weighted by Crippen LogP contribution is -2.53. The zero-order chi connectivity index (χ0) is 15.7. The predicted molar refractivity (Wildman–Crippen MR) is 66.1 cm³/mol. The first kappa shape index (κ1) is 17.8. The van der Waals surface area contributed by atoms with E-state index >= 15 is 0 Å². The molecule has 10 nitrogen and oxygen atoms in total. The van der Waals surface area contributed by atoms with E-state index in [-0.39, 0.29) is 12.8 Å². The van der Waals surface area contributed by atoms with E-state index in [0.29, 0.717) is 0 Å². The molecule has 114 valence electrons. The average molecular weight is 290 g/mol. The van der Waals surface area contributed by atoms with Crippen LogP contribution in [0.3, 0.4) is 0 Å². The quantitative estimate of drug-likeness (QED) is 0.252. The van der Waals surface area contributed by atoms with Crippen LogP contribution in [0.15, 0.2) is 0 Å². The van der Waals surface area contributed by atoms with Gasteiger partial charge in [-0.15, -0.1) is 0 Å². The molecule has 2 unspecified atom stereocenters. The molecule has 8 N–H and O–H groups in total. The van der Waals surface area contributed by atoms with Crippen LogP contribution in [-0.4, -0.2) is 59.1 Å². The van der Waals surface area contributed by atoms with Gasteiger partial charge in [0.25, 0.3) is 0 Å². The number of aliphatic hydroxyl groups excluding tert-OH is 1. The molecule has 0 aliphatic rings. The van der Waals surface area contributed by atoms with Gasteiger partial charge in [0, 0.05) is 6.42 Å². The number of rotatable bonds is 9. The monoisotopic (exact) mass is 290 g/mol. The van der Waals surface area contributed by atoms with Gasteiger partial charge in [-0.2, -0.15) is 0 Å². The standard InChI is InChI=1S/C10H18N4O6/c11-5(1-2-7(12)16)9(19)14-6(4-15)10(20)13-3-8(17)18/h5-6,15H,1-4,11H2,(H2,12,16)(H,13,20)(H,14,19)(H,17,18). The number of hydrogen-bond donors (Lipinski definition) is 6. The highest BCUT2D eigenvalue weighted by Gasteiger charge is 2.23. The predicted octanol–water partition coefficient (Wildman–Crippen LogP) is -3.74. The highest BCUT2D eigenvalue weighted by molar-refractivity contribution is 5.91. The van der Waals surface area contributed by atoms with Gasteiger partial charge < -0.3 is 32.3 Å². The number of carbonyl (C=O) groups excluding carboxylic acids is 3. The summed E-state index contributed by atoms with van der Waals surface area (Å²) < 4.78 is 0. The van der Waals surface area contributed by atoms with E-state index in [1.165, 1.54) is 0 Å². The van der Waals surface area contributed by atoms with Gasteiger partial charge in [0.15, 0.2) is 0 Å². The average Bonchev–Trinajstić information content (AvgIpc) is 2.38. The first-order valence-electron chi connectivity index (χ1n) is 5.72. The Kier molecular flexibility index (Phi) is 7.85. The van der Waals surface area contributed by atoms with Crippen LogP contribution >= 0.6 is 0 Å². The molecule has 0 bridgehead atoms. The number of aliphatic carboxylic acids is 1. The van der Waals surface area contributed by atoms with Gasteiger partial charge in [0.2, 0.25) is 17.7 Å². The molecule has 0 aliphatic heterocycles. The van der Waals surface area contributed by atoms with E-state index in [2.05, 4.69) is 5.32 Å². The second-order valence-electron chi connectivity index (χ2n) is 3.97. The van der Waals surface area contributed by atoms with E-state index < -0.39 is 48.9 Å². The summed E-state index contributed by atoms with van der Waals surface area (Å²) in [5, 5.41) is 21.5. The smallest absolute Gasteiger partial charge is 0.322 e. The van der Waals surface area contributed by atoms with Crippen LogP contribution in [0.1, 0.15) is 12.8 Å². The van der Waals surface area contributed by atoms with E-state index in [1.807, 2.05) is 5.32 Å². The fourth-order valence-electron chi connectivity index (χ4n) is 1.19. The number of hydrogen-bond acceptors (Lipinski definition) is 6. The van der Waals surface area contributed by atoms with Crippen LogP contribution in [0.25, 0.3) is 0 Å². The van der Waals surface area contributed by atoms with Crippen LogP contribution in [0.5, 0.6) is 0 Å². The molecule has 0 aromatic carbocycles. The largest absolute Gasteiger partial charge is 0.480 e. The van der Waals surface area contributed by atoms with Gasteiger partial charge in [-0.25, -0.2) is 0 Å². The Morgan fingerprint density at radius 1 is 1.15 bits per heavy atom. The fraction of sp³-hybridized carbons (Fsp3) is 0.600. The summed E-state index contributed by atoms with van der Waals surface area (Å²) in [5.41, 5.74) is 10.4. The molecule has 0 aromatic heterocycles. The normalized spacial score (nSPS) is 13.1. The summed E-state index contributed by atoms with van der Waals surface area (Å²) in [6.07, 6.45) is -0.0976. The van der Waals surface area contributed by atoms with Crippen molar-refractivity contribution in [1.82, 2.24) is 10.6 Å². The van der Waals surface area contributed by atoms with E-state index in [4.69, 9.17) is 21.7 Å². The van der Waals surface area contributed by atoms with E-state index in [1.54, 1.807) is 0 Å². The van der Waals surface area contributed by atoms with Crippen molar-refractivity contribution < 1.29 is 29.4 Å². The number of nitrogens with one attached hydrogen (secondary N) is 2. The van der Waals surface area contributed by atoms with Crippen molar-refractivity contribution in [2.24, 2.45) is 11.5 Å². The van der Waals surface area contributed by atoms with Gasteiger partial charge in [-0.3, -0.25) is 19.2 Å². The number of amides is 3. The maximum Gasteiger partial charge on any atom is 0.322 e. The van der Waals surface area contributed by atoms with Crippen molar-refractivity contribution in [2.75, 3.05) is 13.2 Å². The first-order chi connectivity index (χ1) is 9.27. The number of carboxylic acids is 1. The summed E-state index contributed by atoms with van der Waals surface area (Å²) in [7, 11) is 0. The Balaban J connectivity index is 4.33. The zero-order valence-electron chi connectivity index (χ0n) is 10.7. The molecule has 0 aromatic rings. The summed E-state index contributed by atoms with van der Waals surface area (Å²) in [6, 6.07) is -2.38. The van der Waals surface area contributed by atoms with Gasteiger partial charge in [-0.05, 0) is 6.42 Å². The maximum atomic E-state index is 11.6. The van der Waals surface area contributed by atoms with Gasteiger partial charge in [0.1, 0.15) is 12.6 Å². The van der Waals surface area contributed by atoms with Gasteiger partial charge in [-0.1, -0.05) is 0 Å². The first-order valence-corrected chi connectivity index (χ1v) is 5.72. The maximum absolute atomic E-state index is 11.6. The van der Waals surface area contributed by atoms with Crippen molar-refractivity contribution in [3.8, 4) is 0 Å². The topological polar surface area (TPSA) is 185 Å². The highest BCUT2D eigenvalue weighted by atomic mass is 16.4. The third-order valence-electron chi connectivity index (χ3n) is 2.27. The molecule has 0 fully saturated rings. The summed E-state index contributed by atoms with van der Waals surface area (Å²) in [4.78, 5) is 43.8. The lowest BCUT2D eigenvalue weighted by molar-refractivity contribution is -0.138. The fourth-order valence-corrected chi connectivity index (χ4v) is 1.19. The van der Waals surface area contributed by atoms with Gasteiger partial charge in [0.05, 0.1) is 12.6 Å². The van der Waals surface area contributed by atoms with Crippen LogP contribution in [0, 0.1) is 0 Å². The molecule has 2 atom stereocenters. The molecular weight excluding hydrogens is 272 g/mol. The molecule has 0 rings (SSSR count). The minimum absolute atomic E-state index is 0.00391. The highest BCUT2D eigenvalue weighted by Crippen LogP contribution is 1.95. The third kappa shape index (κ3) is 7.28. The molecule has 0 aliphatic carbocycles. The Hall–Kier alpha value is -2.20. The Morgan fingerprint density at radius 3 is 2.20 bits per heavy atom. The molecule has 10 heteroatoms. The third-order valence-corrected chi connectivity index (χ3v) is 2.27. The zero-order valence-corrected chi connectivity index (χ0v) is 10.7. The Labute approximate surface area is 114 Å². The van der Waals surface area contributed by atoms with Crippen molar-refractivity contribution in [2.45, 2.75) is 24.9 Å². The molecule has 20 heavy (non-hydrogen) atoms. The number of carboxylic acid groups (broad SMARTS) is 1. The van der Waals surface area contributed by atoms with E-state index in [0.717, 1.165) is 0 Å². The minimum Gasteiger partial charge on any atom is -0.480 e. The van der Waals surface area contributed by atoms with E-state index in [9.17, 15) is 19.2 Å². The van der Waals surface area contributed by atoms with Crippen LogP contribution < -0.4 is 22.1 Å². The van der Waals surface area contributed by atoms with Crippen LogP contribution in [0.2, 0.25) is 0 Å². The summed E-state index contributed by atoms with van der Waals surface area (Å²) in [5.74, 6) is -3.49. The van der Waals surface area contributed by atoms with Gasteiger partial charge >= 0.3 is 5.97 Å². The molecule has 3 amide bonds.